The summed E-state index contributed by atoms with van der Waals surface area (Å²) in [5, 5.41) is 15.8. The van der Waals surface area contributed by atoms with Crippen LogP contribution in [0.25, 0.3) is 5.65 Å². The van der Waals surface area contributed by atoms with E-state index in [9.17, 15) is 0 Å². The molecule has 7 heteroatoms. The molecular weight excluding hydrogens is 256 g/mol. The van der Waals surface area contributed by atoms with Gasteiger partial charge in [-0.25, -0.2) is 0 Å². The van der Waals surface area contributed by atoms with Gasteiger partial charge in [0.1, 0.15) is 0 Å². The molecule has 0 spiro atoms. The summed E-state index contributed by atoms with van der Waals surface area (Å²) < 4.78 is 7.24. The molecule has 7 nitrogen and oxygen atoms in total. The van der Waals surface area contributed by atoms with Gasteiger partial charge < -0.3 is 9.64 Å². The van der Waals surface area contributed by atoms with Gasteiger partial charge in [0.15, 0.2) is 11.5 Å². The zero-order valence-corrected chi connectivity index (χ0v) is 12.3. The number of rotatable bonds is 4. The summed E-state index contributed by atoms with van der Waals surface area (Å²) in [7, 11) is 2.06. The minimum Gasteiger partial charge on any atom is -0.378 e. The third-order valence-corrected chi connectivity index (χ3v) is 4.38. The average molecular weight is 276 g/mol. The Labute approximate surface area is 117 Å². The maximum Gasteiger partial charge on any atom is 0.200 e. The minimum atomic E-state index is 0.113. The van der Waals surface area contributed by atoms with Crippen molar-refractivity contribution in [3.63, 3.8) is 0 Å². The van der Waals surface area contributed by atoms with E-state index in [2.05, 4.69) is 46.4 Å². The molecule has 108 valence electrons. The standard InChI is InChI=1S/C13H20N6O/c1-5-20-10-8-9(13(10,2)3)18(4)12-7-6-11-14-16-17-19(11)15-12/h6-7,9-10H,5,8H2,1-4H3. The molecule has 0 saturated heterocycles. The number of hydrogen-bond acceptors (Lipinski definition) is 6. The molecule has 2 unspecified atom stereocenters. The average Bonchev–Trinajstić information content (AvgIpc) is 2.89. The largest absolute Gasteiger partial charge is 0.378 e. The van der Waals surface area contributed by atoms with E-state index in [-0.39, 0.29) is 5.41 Å². The molecule has 0 aliphatic heterocycles. The molecule has 2 atom stereocenters. The maximum atomic E-state index is 5.78. The Balaban J connectivity index is 1.80. The smallest absolute Gasteiger partial charge is 0.200 e. The van der Waals surface area contributed by atoms with Crippen LogP contribution in [-0.4, -0.2) is 51.1 Å². The predicted octanol–water partition coefficient (Wildman–Crippen LogP) is 1.16. The number of nitrogens with zero attached hydrogens (tertiary/aromatic N) is 6. The molecule has 0 bridgehead atoms. The number of tetrazole rings is 1. The van der Waals surface area contributed by atoms with Crippen LogP contribution in [-0.2, 0) is 4.74 Å². The van der Waals surface area contributed by atoms with E-state index < -0.39 is 0 Å². The van der Waals surface area contributed by atoms with E-state index in [0.29, 0.717) is 17.8 Å². The quantitative estimate of drug-likeness (QED) is 0.834. The van der Waals surface area contributed by atoms with Crippen LogP contribution in [0.1, 0.15) is 27.2 Å². The van der Waals surface area contributed by atoms with Gasteiger partial charge in [-0.15, -0.1) is 14.8 Å². The molecular formula is C13H20N6O. The van der Waals surface area contributed by atoms with Gasteiger partial charge >= 0.3 is 0 Å². The third kappa shape index (κ3) is 1.93. The van der Waals surface area contributed by atoms with Gasteiger partial charge in [0, 0.05) is 25.1 Å². The Kier molecular flexibility index (Phi) is 3.08. The predicted molar refractivity (Wildman–Crippen MR) is 74.6 cm³/mol. The van der Waals surface area contributed by atoms with Crippen LogP contribution >= 0.6 is 0 Å². The minimum absolute atomic E-state index is 0.113. The molecule has 1 aliphatic rings. The molecule has 2 aromatic heterocycles. The van der Waals surface area contributed by atoms with Gasteiger partial charge in [-0.2, -0.15) is 0 Å². The molecule has 20 heavy (non-hydrogen) atoms. The summed E-state index contributed by atoms with van der Waals surface area (Å²) in [6.45, 7) is 7.29. The molecule has 0 amide bonds. The van der Waals surface area contributed by atoms with Gasteiger partial charge in [-0.3, -0.25) is 0 Å². The zero-order chi connectivity index (χ0) is 14.3. The van der Waals surface area contributed by atoms with E-state index in [1.165, 1.54) is 4.63 Å². The molecule has 0 radical (unpaired) electrons. The van der Waals surface area contributed by atoms with Gasteiger partial charge in [0.25, 0.3) is 0 Å². The summed E-state index contributed by atoms with van der Waals surface area (Å²) in [5.74, 6) is 0.873. The highest BCUT2D eigenvalue weighted by Crippen LogP contribution is 2.46. The van der Waals surface area contributed by atoms with Gasteiger partial charge in [-0.05, 0) is 35.9 Å². The second-order valence-corrected chi connectivity index (χ2v) is 5.85. The summed E-state index contributed by atoms with van der Waals surface area (Å²) in [6, 6.07) is 4.24. The lowest BCUT2D eigenvalue weighted by Crippen LogP contribution is -2.61. The van der Waals surface area contributed by atoms with Crippen molar-refractivity contribution in [3.8, 4) is 0 Å². The van der Waals surface area contributed by atoms with E-state index >= 15 is 0 Å². The molecule has 0 N–H and O–H groups in total. The van der Waals surface area contributed by atoms with Crippen molar-refractivity contribution in [1.29, 1.82) is 0 Å². The van der Waals surface area contributed by atoms with Crippen molar-refractivity contribution in [2.45, 2.75) is 39.3 Å². The van der Waals surface area contributed by atoms with Crippen LogP contribution in [0.2, 0.25) is 0 Å². The lowest BCUT2D eigenvalue weighted by molar-refractivity contribution is -0.104. The molecule has 1 saturated carbocycles. The van der Waals surface area contributed by atoms with Gasteiger partial charge in [-0.1, -0.05) is 13.8 Å². The fourth-order valence-corrected chi connectivity index (χ4v) is 2.99. The molecule has 0 aromatic carbocycles. The Bertz CT molecular complexity index is 610. The fourth-order valence-electron chi connectivity index (χ4n) is 2.99. The Morgan fingerprint density at radius 1 is 1.45 bits per heavy atom. The van der Waals surface area contributed by atoms with Crippen LogP contribution in [0, 0.1) is 5.41 Å². The van der Waals surface area contributed by atoms with Crippen LogP contribution in [0.15, 0.2) is 12.1 Å². The number of aromatic nitrogens is 5. The van der Waals surface area contributed by atoms with Crippen LogP contribution in [0.4, 0.5) is 5.82 Å². The lowest BCUT2D eigenvalue weighted by atomic mass is 9.64. The van der Waals surface area contributed by atoms with Gasteiger partial charge in [0.05, 0.1) is 6.10 Å². The van der Waals surface area contributed by atoms with Crippen LogP contribution < -0.4 is 4.90 Å². The van der Waals surface area contributed by atoms with Crippen molar-refractivity contribution in [1.82, 2.24) is 25.3 Å². The number of anilines is 1. The number of fused-ring (bicyclic) bond motifs is 1. The van der Waals surface area contributed by atoms with E-state index in [0.717, 1.165) is 18.8 Å². The Hall–Kier alpha value is -1.76. The van der Waals surface area contributed by atoms with E-state index in [1.807, 2.05) is 19.1 Å². The highest BCUT2D eigenvalue weighted by Gasteiger charge is 2.51. The Morgan fingerprint density at radius 3 is 2.95 bits per heavy atom. The highest BCUT2D eigenvalue weighted by atomic mass is 16.5. The third-order valence-electron chi connectivity index (χ3n) is 4.38. The monoisotopic (exact) mass is 276 g/mol. The topological polar surface area (TPSA) is 68.4 Å². The summed E-state index contributed by atoms with van der Waals surface area (Å²) in [5.41, 5.74) is 0.768. The zero-order valence-electron chi connectivity index (χ0n) is 12.3. The first-order valence-corrected chi connectivity index (χ1v) is 6.94. The number of hydrogen-bond donors (Lipinski definition) is 0. The van der Waals surface area contributed by atoms with Crippen molar-refractivity contribution in [2.75, 3.05) is 18.6 Å². The molecule has 1 aliphatic carbocycles. The van der Waals surface area contributed by atoms with Gasteiger partial charge in [0.2, 0.25) is 0 Å². The second-order valence-electron chi connectivity index (χ2n) is 5.85. The number of ether oxygens (including phenoxy) is 1. The second kappa shape index (κ2) is 4.66. The first-order chi connectivity index (χ1) is 9.54. The first-order valence-electron chi connectivity index (χ1n) is 6.94. The van der Waals surface area contributed by atoms with E-state index in [4.69, 9.17) is 4.74 Å². The maximum absolute atomic E-state index is 5.78. The summed E-state index contributed by atoms with van der Waals surface area (Å²) in [6.07, 6.45) is 1.34. The summed E-state index contributed by atoms with van der Waals surface area (Å²) in [4.78, 5) is 2.19. The van der Waals surface area contributed by atoms with Crippen molar-refractivity contribution in [3.05, 3.63) is 12.1 Å². The van der Waals surface area contributed by atoms with Crippen LogP contribution in [0.3, 0.4) is 0 Å². The summed E-state index contributed by atoms with van der Waals surface area (Å²) >= 11 is 0. The fraction of sp³-hybridized carbons (Fsp3) is 0.692. The molecule has 2 heterocycles. The van der Waals surface area contributed by atoms with Crippen molar-refractivity contribution >= 4 is 11.5 Å². The normalized spacial score (nSPS) is 24.6. The SMILES string of the molecule is CCOC1CC(N(C)c2ccc3nnnn3n2)C1(C)C. The van der Waals surface area contributed by atoms with E-state index in [1.54, 1.807) is 0 Å². The molecule has 1 fully saturated rings. The van der Waals surface area contributed by atoms with Crippen molar-refractivity contribution in [2.24, 2.45) is 5.41 Å². The Morgan fingerprint density at radius 2 is 2.25 bits per heavy atom. The highest BCUT2D eigenvalue weighted by molar-refractivity contribution is 5.45. The van der Waals surface area contributed by atoms with Crippen molar-refractivity contribution < 1.29 is 4.74 Å². The van der Waals surface area contributed by atoms with Crippen LogP contribution in [0.5, 0.6) is 0 Å². The molecule has 3 rings (SSSR count). The lowest BCUT2D eigenvalue weighted by Gasteiger charge is -2.55. The molecule has 2 aromatic rings. The first kappa shape index (κ1) is 13.2.